The minimum Gasteiger partial charge on any atom is -0.394 e. The summed E-state index contributed by atoms with van der Waals surface area (Å²) >= 11 is 12.2. The minimum absolute atomic E-state index is 0.0134. The third-order valence-corrected chi connectivity index (χ3v) is 21.3. The predicted octanol–water partition coefficient (Wildman–Crippen LogP) is 19.0. The summed E-state index contributed by atoms with van der Waals surface area (Å²) in [4.78, 5) is 77.4. The Labute approximate surface area is 717 Å². The van der Waals surface area contributed by atoms with Crippen molar-refractivity contribution in [3.05, 3.63) is 315 Å². The quantitative estimate of drug-likeness (QED) is 0.0989. The summed E-state index contributed by atoms with van der Waals surface area (Å²) in [5.74, 6) is -2.31. The number of hydrogen-bond acceptors (Lipinski definition) is 22. The number of benzene rings is 4. The normalized spacial score (nSPS) is 12.3. The van der Waals surface area contributed by atoms with E-state index in [1.54, 1.807) is 157 Å². The van der Waals surface area contributed by atoms with E-state index in [9.17, 15) is 22.0 Å². The standard InChI is InChI=1S/C27H23ClFN7.C23H16F2N6O.C22H15FN6.C21H11ClFN5/c1-35-8-4-21(5-9-35)36-16-19(15-33-36)17-10-18(14-30-13-17)22-12-25(23-11-20(28)2-3-24(23)29)34-27-26(22)31-6-7-32-27;24-17-1-2-20(25)19(8-17)21-9-18(22-23(30-21)28-4-3-27-22)15-7-14(10-26-11-15)16-12-29-31(13-16)5-6-32;1-29-13-16(12-27-29)14-8-15(11-24-10-14)18-9-20(17-4-2-3-5-19(17)23)28-22-21(18)25-6-7-26-22;22-12-3-4-17(23)15(8-12)18-9-14(20-21(28-18)27-7-6-26-20)16-10-24-11-19-13(16)2-1-5-25-19/h2-3,6-7,10-16,21H,4-5,8-9H2,1H3;1-4,7-13,32H,5-6H2;2-13H,1H3;1-11H. The largest absolute Gasteiger partial charge is 0.394 e. The van der Waals surface area contributed by atoms with Gasteiger partial charge in [0.1, 0.15) is 51.2 Å². The van der Waals surface area contributed by atoms with E-state index in [0.29, 0.717) is 112 Å². The van der Waals surface area contributed by atoms with Gasteiger partial charge in [0.05, 0.1) is 72.3 Å². The Morgan fingerprint density at radius 3 is 1.30 bits per heavy atom. The summed E-state index contributed by atoms with van der Waals surface area (Å²) in [5, 5.41) is 24.0. The molecular formula is C93H65Cl2F5N24O. The molecule has 16 aromatic heterocycles. The molecule has 0 bridgehead atoms. The average Bonchev–Trinajstić information content (AvgIpc) is 1.68. The molecule has 1 saturated heterocycles. The summed E-state index contributed by atoms with van der Waals surface area (Å²) in [6.45, 7) is 2.52. The van der Waals surface area contributed by atoms with Gasteiger partial charge in [-0.25, -0.2) is 61.8 Å². The molecule has 17 heterocycles. The molecule has 20 aromatic rings. The number of rotatable bonds is 14. The van der Waals surface area contributed by atoms with Crippen molar-refractivity contribution >= 4 is 78.8 Å². The molecule has 0 unspecified atom stereocenters. The minimum atomic E-state index is -0.587. The third-order valence-electron chi connectivity index (χ3n) is 20.8. The molecule has 32 heteroatoms. The molecule has 25 nitrogen and oxygen atoms in total. The highest BCUT2D eigenvalue weighted by Gasteiger charge is 2.24. The molecule has 125 heavy (non-hydrogen) atoms. The number of piperidine rings is 1. The second-order valence-electron chi connectivity index (χ2n) is 29.0. The second-order valence-corrected chi connectivity index (χ2v) is 29.9. The molecule has 0 amide bonds. The van der Waals surface area contributed by atoms with Crippen molar-refractivity contribution in [3.63, 3.8) is 0 Å². The molecule has 0 spiro atoms. The number of likely N-dealkylation sites (tertiary alicyclic amines) is 1. The number of aromatic nitrogens is 23. The van der Waals surface area contributed by atoms with Crippen molar-refractivity contribution in [1.29, 1.82) is 0 Å². The van der Waals surface area contributed by atoms with Gasteiger partial charge in [-0.15, -0.1) is 0 Å². The van der Waals surface area contributed by atoms with Crippen molar-refractivity contribution in [1.82, 2.24) is 119 Å². The molecule has 1 N–H and O–H groups in total. The van der Waals surface area contributed by atoms with E-state index in [-0.39, 0.29) is 23.7 Å². The molecule has 0 saturated carbocycles. The van der Waals surface area contributed by atoms with Crippen molar-refractivity contribution in [2.24, 2.45) is 7.05 Å². The van der Waals surface area contributed by atoms with Crippen LogP contribution >= 0.6 is 23.2 Å². The predicted molar refractivity (Wildman–Crippen MR) is 467 cm³/mol. The number of halogens is 7. The van der Waals surface area contributed by atoms with Crippen molar-refractivity contribution in [2.75, 3.05) is 26.7 Å². The summed E-state index contributed by atoms with van der Waals surface area (Å²) in [5.41, 5.74) is 19.0. The molecule has 1 aliphatic heterocycles. The third kappa shape index (κ3) is 17.5. The van der Waals surface area contributed by atoms with Crippen LogP contribution in [0.5, 0.6) is 0 Å². The molecule has 21 rings (SSSR count). The molecule has 612 valence electrons. The zero-order valence-corrected chi connectivity index (χ0v) is 67.6. The maximum absolute atomic E-state index is 14.7. The fourth-order valence-electron chi connectivity index (χ4n) is 14.7. The van der Waals surface area contributed by atoms with Crippen LogP contribution in [0.1, 0.15) is 18.9 Å². The number of hydrogen-bond donors (Lipinski definition) is 1. The van der Waals surface area contributed by atoms with E-state index in [2.05, 4.69) is 123 Å². The number of aliphatic hydroxyl groups is 1. The van der Waals surface area contributed by atoms with Crippen LogP contribution < -0.4 is 0 Å². The summed E-state index contributed by atoms with van der Waals surface area (Å²) in [6, 6.07) is 35.9. The Kier molecular flexibility index (Phi) is 23.1. The second kappa shape index (κ2) is 35.7. The Morgan fingerprint density at radius 1 is 0.352 bits per heavy atom. The fraction of sp³-hybridized carbons (Fsp3) is 0.0968. The lowest BCUT2D eigenvalue weighted by Crippen LogP contribution is -2.31. The summed E-state index contributed by atoms with van der Waals surface area (Å²) in [6.07, 6.45) is 41.6. The van der Waals surface area contributed by atoms with Crippen molar-refractivity contribution in [2.45, 2.75) is 25.4 Å². The Morgan fingerprint density at radius 2 is 0.784 bits per heavy atom. The van der Waals surface area contributed by atoms with Gasteiger partial charge in [0.2, 0.25) is 0 Å². The highest BCUT2D eigenvalue weighted by Crippen LogP contribution is 2.40. The lowest BCUT2D eigenvalue weighted by molar-refractivity contribution is 0.212. The van der Waals surface area contributed by atoms with Gasteiger partial charge in [0, 0.05) is 240 Å². The van der Waals surface area contributed by atoms with Crippen molar-refractivity contribution in [3.8, 4) is 123 Å². The first-order chi connectivity index (χ1) is 61.1. The van der Waals surface area contributed by atoms with Gasteiger partial charge in [-0.1, -0.05) is 41.4 Å². The first-order valence-corrected chi connectivity index (χ1v) is 39.8. The molecule has 0 radical (unpaired) electrons. The lowest BCUT2D eigenvalue weighted by Gasteiger charge is -2.28. The first-order valence-electron chi connectivity index (χ1n) is 39.1. The molecule has 4 aromatic carbocycles. The van der Waals surface area contributed by atoms with Gasteiger partial charge in [-0.2, -0.15) is 15.3 Å². The van der Waals surface area contributed by atoms with E-state index in [4.69, 9.17) is 28.3 Å². The first kappa shape index (κ1) is 80.7. The zero-order valence-electron chi connectivity index (χ0n) is 66.1. The molecular weight excluding hydrogens is 1640 g/mol. The summed E-state index contributed by atoms with van der Waals surface area (Å²) in [7, 11) is 4.02. The Hall–Kier alpha value is -15.4. The van der Waals surface area contributed by atoms with Crippen LogP contribution in [-0.2, 0) is 13.6 Å². The van der Waals surface area contributed by atoms with Crippen LogP contribution in [0.3, 0.4) is 0 Å². The van der Waals surface area contributed by atoms with Gasteiger partial charge in [0.15, 0.2) is 22.6 Å². The number of nitrogens with zero attached hydrogens (tertiary/aromatic N) is 24. The van der Waals surface area contributed by atoms with Crippen LogP contribution in [-0.4, -0.2) is 151 Å². The van der Waals surface area contributed by atoms with Crippen LogP contribution in [0, 0.1) is 29.1 Å². The van der Waals surface area contributed by atoms with Gasteiger partial charge >= 0.3 is 0 Å². The molecule has 1 fully saturated rings. The van der Waals surface area contributed by atoms with E-state index in [1.807, 2.05) is 74.3 Å². The monoisotopic (exact) mass is 1700 g/mol. The van der Waals surface area contributed by atoms with E-state index in [0.717, 1.165) is 122 Å². The maximum Gasteiger partial charge on any atom is 0.179 e. The van der Waals surface area contributed by atoms with Gasteiger partial charge in [-0.3, -0.25) is 58.9 Å². The maximum atomic E-state index is 14.7. The highest BCUT2D eigenvalue weighted by atomic mass is 35.5. The van der Waals surface area contributed by atoms with Gasteiger partial charge < -0.3 is 10.0 Å². The van der Waals surface area contributed by atoms with Crippen LogP contribution in [0.15, 0.2) is 276 Å². The number of aliphatic hydroxyl groups excluding tert-OH is 1. The van der Waals surface area contributed by atoms with E-state index >= 15 is 0 Å². The summed E-state index contributed by atoms with van der Waals surface area (Å²) < 4.78 is 77.3. The Balaban J connectivity index is 0.000000114. The topological polar surface area (TPSA) is 296 Å². The van der Waals surface area contributed by atoms with Gasteiger partial charge in [-0.05, 0) is 148 Å². The number of fused-ring (bicyclic) bond motifs is 5. The van der Waals surface area contributed by atoms with Crippen LogP contribution in [0.25, 0.3) is 178 Å². The smallest absolute Gasteiger partial charge is 0.179 e. The van der Waals surface area contributed by atoms with Crippen LogP contribution in [0.4, 0.5) is 22.0 Å². The lowest BCUT2D eigenvalue weighted by atomic mass is 10.00. The van der Waals surface area contributed by atoms with Gasteiger partial charge in [0.25, 0.3) is 0 Å². The molecule has 1 aliphatic rings. The van der Waals surface area contributed by atoms with E-state index < -0.39 is 23.3 Å². The molecule has 0 atom stereocenters. The molecule has 0 aliphatic carbocycles. The van der Waals surface area contributed by atoms with Crippen molar-refractivity contribution < 1.29 is 27.1 Å². The average molecular weight is 1700 g/mol. The zero-order chi connectivity index (χ0) is 85.6. The Bertz CT molecular complexity index is 7440. The van der Waals surface area contributed by atoms with Crippen LogP contribution in [0.2, 0.25) is 10.0 Å². The van der Waals surface area contributed by atoms with E-state index in [1.165, 1.54) is 36.5 Å². The number of aryl methyl sites for hydroxylation is 1. The number of pyridine rings is 9. The highest BCUT2D eigenvalue weighted by molar-refractivity contribution is 6.31. The fourth-order valence-corrected chi connectivity index (χ4v) is 15.0. The SMILES string of the molecule is CN1CCC(n2cc(-c3cncc(-c4cc(-c5cc(Cl)ccc5F)nc5nccnc45)c3)cn2)CC1.Cn1cc(-c2cncc(-c3cc(-c4ccccc4F)nc4nccnc34)c2)cn1.Fc1ccc(Cl)cc1-c1cc(-c2cncc3ncccc23)c2nccnc2n1.OCCn1cc(-c2cncc(-c3cc(-c4cc(F)ccc4F)nc4nccnc34)c2)cn1.